The SMILES string of the molecule is COc1ccc(-c2cc3nccn3c(Nc3ccc(CCN4C(=O)c5ccccc5C4=O)cc3)n2)cc1OC. The number of nitrogens with one attached hydrogen (secondary N) is 1. The lowest BCUT2D eigenvalue weighted by molar-refractivity contribution is 0.0656. The topological polar surface area (TPSA) is 98.1 Å². The summed E-state index contributed by atoms with van der Waals surface area (Å²) in [7, 11) is 3.20. The van der Waals surface area contributed by atoms with E-state index in [0.29, 0.717) is 41.5 Å². The highest BCUT2D eigenvalue weighted by Crippen LogP contribution is 2.33. The smallest absolute Gasteiger partial charge is 0.261 e. The molecule has 6 rings (SSSR count). The number of hydrogen-bond donors (Lipinski definition) is 1. The highest BCUT2D eigenvalue weighted by molar-refractivity contribution is 6.21. The molecular weight excluding hydrogens is 494 g/mol. The van der Waals surface area contributed by atoms with Crippen LogP contribution in [0, 0.1) is 0 Å². The third-order valence-corrected chi connectivity index (χ3v) is 6.78. The number of carbonyl (C=O) groups excluding carboxylic acids is 2. The summed E-state index contributed by atoms with van der Waals surface area (Å²) >= 11 is 0. The number of imidazole rings is 1. The van der Waals surface area contributed by atoms with Crippen molar-refractivity contribution in [2.45, 2.75) is 6.42 Å². The Kier molecular flexibility index (Phi) is 6.16. The molecule has 0 bridgehead atoms. The average Bonchev–Trinajstić information content (AvgIpc) is 3.55. The molecule has 1 N–H and O–H groups in total. The van der Waals surface area contributed by atoms with Gasteiger partial charge in [0.05, 0.1) is 31.0 Å². The van der Waals surface area contributed by atoms with Crippen LogP contribution in [-0.2, 0) is 6.42 Å². The molecule has 9 nitrogen and oxygen atoms in total. The molecule has 0 aliphatic carbocycles. The van der Waals surface area contributed by atoms with Crippen molar-refractivity contribution < 1.29 is 19.1 Å². The Morgan fingerprint density at radius 3 is 2.26 bits per heavy atom. The van der Waals surface area contributed by atoms with Gasteiger partial charge in [-0.25, -0.2) is 9.97 Å². The zero-order chi connectivity index (χ0) is 26.9. The molecule has 0 radical (unpaired) electrons. The second kappa shape index (κ2) is 9.94. The molecule has 1 aliphatic rings. The lowest BCUT2D eigenvalue weighted by atomic mass is 10.1. The summed E-state index contributed by atoms with van der Waals surface area (Å²) in [5.41, 5.74) is 5.13. The van der Waals surface area contributed by atoms with Crippen LogP contribution < -0.4 is 14.8 Å². The van der Waals surface area contributed by atoms with Gasteiger partial charge in [-0.15, -0.1) is 0 Å². The largest absolute Gasteiger partial charge is 0.493 e. The van der Waals surface area contributed by atoms with Crippen LogP contribution in [0.4, 0.5) is 11.6 Å². The fourth-order valence-electron chi connectivity index (χ4n) is 4.72. The molecule has 194 valence electrons. The van der Waals surface area contributed by atoms with Gasteiger partial charge in [0, 0.05) is 36.3 Å². The summed E-state index contributed by atoms with van der Waals surface area (Å²) in [6, 6.07) is 22.4. The number of rotatable bonds is 8. The van der Waals surface area contributed by atoms with Crippen molar-refractivity contribution in [2.75, 3.05) is 26.1 Å². The van der Waals surface area contributed by atoms with Crippen molar-refractivity contribution in [2.24, 2.45) is 0 Å². The van der Waals surface area contributed by atoms with E-state index in [2.05, 4.69) is 10.3 Å². The zero-order valence-corrected chi connectivity index (χ0v) is 21.4. The average molecular weight is 520 g/mol. The minimum absolute atomic E-state index is 0.237. The van der Waals surface area contributed by atoms with Crippen molar-refractivity contribution >= 4 is 29.1 Å². The van der Waals surface area contributed by atoms with E-state index in [9.17, 15) is 9.59 Å². The Morgan fingerprint density at radius 1 is 0.846 bits per heavy atom. The van der Waals surface area contributed by atoms with Gasteiger partial charge in [-0.05, 0) is 54.4 Å². The van der Waals surface area contributed by atoms with Crippen LogP contribution in [0.1, 0.15) is 26.3 Å². The first-order valence-electron chi connectivity index (χ1n) is 12.4. The lowest BCUT2D eigenvalue weighted by Gasteiger charge is -2.14. The third kappa shape index (κ3) is 4.44. The highest BCUT2D eigenvalue weighted by atomic mass is 16.5. The van der Waals surface area contributed by atoms with Crippen molar-refractivity contribution in [3.05, 3.63) is 102 Å². The van der Waals surface area contributed by atoms with E-state index in [1.54, 1.807) is 44.7 Å². The molecule has 2 aromatic heterocycles. The van der Waals surface area contributed by atoms with E-state index in [1.165, 1.54) is 4.90 Å². The van der Waals surface area contributed by atoms with Gasteiger partial charge in [-0.2, -0.15) is 0 Å². The van der Waals surface area contributed by atoms with E-state index >= 15 is 0 Å². The lowest BCUT2D eigenvalue weighted by Crippen LogP contribution is -2.31. The van der Waals surface area contributed by atoms with E-state index in [0.717, 1.165) is 28.2 Å². The maximum Gasteiger partial charge on any atom is 0.261 e. The second-order valence-electron chi connectivity index (χ2n) is 9.07. The first-order chi connectivity index (χ1) is 19.1. The fourth-order valence-corrected chi connectivity index (χ4v) is 4.72. The minimum atomic E-state index is -0.237. The van der Waals surface area contributed by atoms with Gasteiger partial charge in [-0.1, -0.05) is 24.3 Å². The molecule has 0 atom stereocenters. The number of fused-ring (bicyclic) bond motifs is 2. The normalized spacial score (nSPS) is 12.6. The van der Waals surface area contributed by atoms with Gasteiger partial charge in [0.25, 0.3) is 11.8 Å². The predicted molar refractivity (Wildman–Crippen MR) is 147 cm³/mol. The Labute approximate surface area is 224 Å². The molecular formula is C30H25N5O4. The Balaban J connectivity index is 1.20. The van der Waals surface area contributed by atoms with Crippen LogP contribution in [0.2, 0.25) is 0 Å². The van der Waals surface area contributed by atoms with Crippen LogP contribution in [0.5, 0.6) is 11.5 Å². The molecule has 0 saturated heterocycles. The number of amides is 2. The van der Waals surface area contributed by atoms with Crippen molar-refractivity contribution in [3.8, 4) is 22.8 Å². The summed E-state index contributed by atoms with van der Waals surface area (Å²) in [6.07, 6.45) is 4.13. The molecule has 39 heavy (non-hydrogen) atoms. The Morgan fingerprint density at radius 2 is 1.56 bits per heavy atom. The van der Waals surface area contributed by atoms with Crippen LogP contribution in [0.15, 0.2) is 85.2 Å². The number of methoxy groups -OCH3 is 2. The van der Waals surface area contributed by atoms with Gasteiger partial charge in [0.15, 0.2) is 11.5 Å². The number of nitrogens with zero attached hydrogens (tertiary/aromatic N) is 4. The molecule has 9 heteroatoms. The van der Waals surface area contributed by atoms with Crippen LogP contribution in [0.3, 0.4) is 0 Å². The monoisotopic (exact) mass is 519 g/mol. The molecule has 5 aromatic rings. The molecule has 1 aliphatic heterocycles. The predicted octanol–water partition coefficient (Wildman–Crippen LogP) is 5.00. The third-order valence-electron chi connectivity index (χ3n) is 6.78. The molecule has 3 heterocycles. The molecule has 3 aromatic carbocycles. The Bertz CT molecular complexity index is 1680. The number of anilines is 2. The number of hydrogen-bond acceptors (Lipinski definition) is 7. The number of benzene rings is 3. The number of carbonyl (C=O) groups is 2. The molecule has 0 fully saturated rings. The second-order valence-corrected chi connectivity index (χ2v) is 9.07. The van der Waals surface area contributed by atoms with E-state index < -0.39 is 0 Å². The van der Waals surface area contributed by atoms with Gasteiger partial charge < -0.3 is 14.8 Å². The highest BCUT2D eigenvalue weighted by Gasteiger charge is 2.34. The first kappa shape index (κ1) is 24.2. The van der Waals surface area contributed by atoms with Crippen molar-refractivity contribution in [1.82, 2.24) is 19.3 Å². The Hall–Kier alpha value is -5.18. The van der Waals surface area contributed by atoms with Gasteiger partial charge in [0.1, 0.15) is 5.65 Å². The molecule has 0 saturated carbocycles. The molecule has 0 spiro atoms. The molecule has 2 amide bonds. The van der Waals surface area contributed by atoms with Gasteiger partial charge in [-0.3, -0.25) is 18.9 Å². The number of imide groups is 1. The summed E-state index contributed by atoms with van der Waals surface area (Å²) in [5, 5.41) is 3.38. The van der Waals surface area contributed by atoms with Crippen LogP contribution in [0.25, 0.3) is 16.9 Å². The zero-order valence-electron chi connectivity index (χ0n) is 21.4. The number of aromatic nitrogens is 3. The maximum absolute atomic E-state index is 12.6. The van der Waals surface area contributed by atoms with E-state index in [-0.39, 0.29) is 11.8 Å². The van der Waals surface area contributed by atoms with Crippen molar-refractivity contribution in [1.29, 1.82) is 0 Å². The fraction of sp³-hybridized carbons (Fsp3) is 0.133. The standard InChI is InChI=1S/C30H25N5O4/c1-38-25-12-9-20(17-26(25)39-2)24-18-27-31-14-16-34(27)30(33-24)32-21-10-7-19(8-11-21)13-15-35-28(36)22-5-3-4-6-23(22)29(35)37/h3-12,14,16-18H,13,15H2,1-2H3,(H,32,33). The quantitative estimate of drug-likeness (QED) is 0.288. The maximum atomic E-state index is 12.6. The van der Waals surface area contributed by atoms with E-state index in [1.807, 2.05) is 59.1 Å². The van der Waals surface area contributed by atoms with Crippen molar-refractivity contribution in [3.63, 3.8) is 0 Å². The summed E-state index contributed by atoms with van der Waals surface area (Å²) in [5.74, 6) is 1.39. The first-order valence-corrected chi connectivity index (χ1v) is 12.4. The minimum Gasteiger partial charge on any atom is -0.493 e. The summed E-state index contributed by atoms with van der Waals surface area (Å²) in [6.45, 7) is 0.323. The summed E-state index contributed by atoms with van der Waals surface area (Å²) < 4.78 is 12.7. The van der Waals surface area contributed by atoms with Gasteiger partial charge in [0.2, 0.25) is 5.95 Å². The summed E-state index contributed by atoms with van der Waals surface area (Å²) in [4.78, 5) is 35.9. The molecule has 0 unspecified atom stereocenters. The number of ether oxygens (including phenoxy) is 2. The van der Waals surface area contributed by atoms with Crippen LogP contribution in [-0.4, -0.2) is 51.8 Å². The van der Waals surface area contributed by atoms with Gasteiger partial charge >= 0.3 is 0 Å². The van der Waals surface area contributed by atoms with Crippen LogP contribution >= 0.6 is 0 Å². The van der Waals surface area contributed by atoms with E-state index in [4.69, 9.17) is 14.5 Å².